The quantitative estimate of drug-likeness (QED) is 0.0550. The van der Waals surface area contributed by atoms with E-state index in [1.165, 1.54) is 48.5 Å². The van der Waals surface area contributed by atoms with Crippen molar-refractivity contribution in [3.63, 3.8) is 0 Å². The van der Waals surface area contributed by atoms with Gasteiger partial charge in [-0.2, -0.15) is 45.7 Å². The third-order valence-corrected chi connectivity index (χ3v) is 8.44. The molecule has 0 radical (unpaired) electrons. The minimum atomic E-state index is -4.89. The Balaban J connectivity index is 1.54. The van der Waals surface area contributed by atoms with Gasteiger partial charge in [0.1, 0.15) is 9.79 Å². The van der Waals surface area contributed by atoms with E-state index in [2.05, 4.69) is 20.5 Å². The molecule has 0 spiro atoms. The number of non-ortho nitro benzene ring substituents is 1. The van der Waals surface area contributed by atoms with E-state index in [9.17, 15) is 44.5 Å². The lowest BCUT2D eigenvalue weighted by atomic mass is 10.1. The van der Waals surface area contributed by atoms with Crippen LogP contribution in [0.2, 0.25) is 0 Å². The first kappa shape index (κ1) is 32.9. The lowest BCUT2D eigenvalue weighted by Crippen LogP contribution is -2.02. The first-order valence-corrected chi connectivity index (χ1v) is 16.4. The summed E-state index contributed by atoms with van der Waals surface area (Å²) in [5.74, 6) is 0. The molecule has 4 aromatic rings. The van der Waals surface area contributed by atoms with Gasteiger partial charge in [-0.15, -0.1) is 0 Å². The second-order valence-corrected chi connectivity index (χ2v) is 13.1. The summed E-state index contributed by atoms with van der Waals surface area (Å²) in [6.45, 7) is 0. The predicted molar refractivity (Wildman–Crippen MR) is 159 cm³/mol. The molecule has 0 bridgehead atoms. The van der Waals surface area contributed by atoms with Gasteiger partial charge in [-0.25, -0.2) is 0 Å². The third-order valence-electron chi connectivity index (χ3n) is 5.75. The molecule has 232 valence electrons. The van der Waals surface area contributed by atoms with Crippen LogP contribution in [0, 0.1) is 10.1 Å². The van der Waals surface area contributed by atoms with Gasteiger partial charge >= 0.3 is 0 Å². The fourth-order valence-corrected chi connectivity index (χ4v) is 5.51. The average Bonchev–Trinajstić information content (AvgIpc) is 2.97. The van der Waals surface area contributed by atoms with Crippen molar-refractivity contribution in [1.29, 1.82) is 0 Å². The number of benzene rings is 4. The zero-order valence-electron chi connectivity index (χ0n) is 22.3. The Kier molecular flexibility index (Phi) is 9.42. The van der Waals surface area contributed by atoms with Crippen molar-refractivity contribution in [2.45, 2.75) is 14.7 Å². The Bertz CT molecular complexity index is 2200. The number of nitrogens with zero attached hydrogens (tertiary/aromatic N) is 5. The van der Waals surface area contributed by atoms with Gasteiger partial charge in [-0.05, 0) is 77.9 Å². The Morgan fingerprint density at radius 2 is 0.911 bits per heavy atom. The monoisotopic (exact) mass is 673 g/mol. The number of hydrogen-bond acceptors (Lipinski definition) is 12. The smallest absolute Gasteiger partial charge is 0.282 e. The third kappa shape index (κ3) is 8.75. The average molecular weight is 674 g/mol. The zero-order valence-corrected chi connectivity index (χ0v) is 24.8. The van der Waals surface area contributed by atoms with E-state index in [4.69, 9.17) is 4.55 Å². The zero-order chi connectivity index (χ0) is 33.0. The summed E-state index contributed by atoms with van der Waals surface area (Å²) in [5.41, 5.74) is 0.196. The van der Waals surface area contributed by atoms with Crippen LogP contribution >= 0.6 is 0 Å². The van der Waals surface area contributed by atoms with Gasteiger partial charge in [0, 0.05) is 12.1 Å². The summed E-state index contributed by atoms with van der Waals surface area (Å²) in [5, 5.41) is 26.9. The van der Waals surface area contributed by atoms with Gasteiger partial charge < -0.3 is 0 Å². The maximum absolute atomic E-state index is 12.1. The molecule has 4 rings (SSSR count). The molecule has 0 amide bonds. The van der Waals surface area contributed by atoms with Crippen LogP contribution in [0.5, 0.6) is 0 Å². The van der Waals surface area contributed by atoms with E-state index in [-0.39, 0.29) is 21.7 Å². The number of nitro benzene ring substituents is 1. The molecule has 45 heavy (non-hydrogen) atoms. The molecule has 0 aliphatic carbocycles. The molecule has 0 unspecified atom stereocenters. The van der Waals surface area contributed by atoms with Crippen LogP contribution in [-0.4, -0.2) is 43.8 Å². The first-order valence-electron chi connectivity index (χ1n) is 12.1. The Labute approximate surface area is 255 Å². The van der Waals surface area contributed by atoms with Crippen molar-refractivity contribution in [3.05, 3.63) is 106 Å². The fourth-order valence-electron chi connectivity index (χ4n) is 3.63. The topological polar surface area (TPSA) is 256 Å². The summed E-state index contributed by atoms with van der Waals surface area (Å²) in [7, 11) is -14.0. The van der Waals surface area contributed by atoms with Crippen LogP contribution in [0.25, 0.3) is 12.2 Å². The normalized spacial score (nSPS) is 12.8. The van der Waals surface area contributed by atoms with Crippen molar-refractivity contribution in [3.8, 4) is 0 Å². The van der Waals surface area contributed by atoms with Crippen molar-refractivity contribution < 1.29 is 43.8 Å². The van der Waals surface area contributed by atoms with Crippen molar-refractivity contribution in [2.75, 3.05) is 0 Å². The van der Waals surface area contributed by atoms with Crippen molar-refractivity contribution in [1.82, 2.24) is 0 Å². The Morgan fingerprint density at radius 1 is 0.533 bits per heavy atom. The highest BCUT2D eigenvalue weighted by atomic mass is 32.2. The van der Waals surface area contributed by atoms with Crippen LogP contribution in [0.15, 0.2) is 120 Å². The van der Waals surface area contributed by atoms with Gasteiger partial charge in [-0.1, -0.05) is 18.2 Å². The second-order valence-electron chi connectivity index (χ2n) is 8.87. The van der Waals surface area contributed by atoms with Gasteiger partial charge in [0.25, 0.3) is 36.0 Å². The highest BCUT2D eigenvalue weighted by Gasteiger charge is 2.20. The molecule has 19 heteroatoms. The molecule has 0 saturated carbocycles. The first-order chi connectivity index (χ1) is 21.0. The largest absolute Gasteiger partial charge is 0.295 e. The number of nitro groups is 1. The minimum absolute atomic E-state index is 0.0193. The number of rotatable bonds is 10. The molecule has 0 fully saturated rings. The maximum atomic E-state index is 12.1. The molecule has 4 aromatic carbocycles. The van der Waals surface area contributed by atoms with E-state index in [0.717, 1.165) is 30.4 Å². The Hall–Kier alpha value is -5.05. The minimum Gasteiger partial charge on any atom is -0.282 e. The van der Waals surface area contributed by atoms with Crippen molar-refractivity contribution in [2.24, 2.45) is 20.5 Å². The highest BCUT2D eigenvalue weighted by Crippen LogP contribution is 2.29. The lowest BCUT2D eigenvalue weighted by Gasteiger charge is -2.06. The highest BCUT2D eigenvalue weighted by molar-refractivity contribution is 7.86. The molecular weight excluding hydrogens is 655 g/mol. The van der Waals surface area contributed by atoms with Crippen LogP contribution in [0.4, 0.5) is 28.4 Å². The molecule has 0 saturated heterocycles. The van der Waals surface area contributed by atoms with E-state index in [1.54, 1.807) is 12.1 Å². The van der Waals surface area contributed by atoms with E-state index in [1.807, 2.05) is 0 Å². The second kappa shape index (κ2) is 12.9. The summed E-state index contributed by atoms with van der Waals surface area (Å²) in [6, 6.07) is 17.5. The SMILES string of the molecule is O=[N+]([O-])c1ccc(C=Cc2ccc(N=Nc3ccc(N=Nc4ccc(S(=O)(=O)O)cc4)cc3)cc2S(=O)(=O)O)c(S(=O)(=O)O)c1. The van der Waals surface area contributed by atoms with E-state index >= 15 is 0 Å². The summed E-state index contributed by atoms with van der Waals surface area (Å²) < 4.78 is 98.2. The van der Waals surface area contributed by atoms with Gasteiger partial charge in [0.2, 0.25) is 0 Å². The van der Waals surface area contributed by atoms with Gasteiger partial charge in [0.15, 0.2) is 0 Å². The fraction of sp³-hybridized carbons (Fsp3) is 0. The van der Waals surface area contributed by atoms with Crippen LogP contribution in [0.1, 0.15) is 11.1 Å². The predicted octanol–water partition coefficient (Wildman–Crippen LogP) is 6.34. The molecule has 0 heterocycles. The molecule has 3 N–H and O–H groups in total. The Morgan fingerprint density at radius 3 is 1.33 bits per heavy atom. The van der Waals surface area contributed by atoms with E-state index < -0.39 is 50.8 Å². The molecule has 16 nitrogen and oxygen atoms in total. The van der Waals surface area contributed by atoms with E-state index in [0.29, 0.717) is 23.1 Å². The molecule has 0 aliphatic rings. The molecule has 0 atom stereocenters. The summed E-state index contributed by atoms with van der Waals surface area (Å²) >= 11 is 0. The van der Waals surface area contributed by atoms with Crippen molar-refractivity contribution >= 4 is 70.9 Å². The van der Waals surface area contributed by atoms with Crippen LogP contribution in [0.3, 0.4) is 0 Å². The molecular formula is C26H19N5O11S3. The number of azo groups is 2. The summed E-state index contributed by atoms with van der Waals surface area (Å²) in [6.07, 6.45) is 2.21. The van der Waals surface area contributed by atoms with Gasteiger partial charge in [0.05, 0.1) is 32.6 Å². The lowest BCUT2D eigenvalue weighted by molar-refractivity contribution is -0.385. The van der Waals surface area contributed by atoms with Crippen LogP contribution < -0.4 is 0 Å². The van der Waals surface area contributed by atoms with Crippen LogP contribution in [-0.2, 0) is 30.4 Å². The summed E-state index contributed by atoms with van der Waals surface area (Å²) in [4.78, 5) is 8.46. The standard InChI is InChI=1S/C26H19N5O11S3/c32-31(33)23-12-4-18(26(16-23)45(40,41)42)2-1-17-3-5-22(15-25(17)44(37,38)39)30-29-20-8-6-19(7-9-20)27-28-21-10-13-24(14-11-21)43(34,35)36/h1-16H,(H,34,35,36)(H,37,38,39)(H,40,41,42). The molecule has 0 aliphatic heterocycles. The molecule has 0 aromatic heterocycles. The number of hydrogen-bond donors (Lipinski definition) is 3. The van der Waals surface area contributed by atoms with Gasteiger partial charge in [-0.3, -0.25) is 23.8 Å². The maximum Gasteiger partial charge on any atom is 0.295 e.